The minimum atomic E-state index is -0.526. The van der Waals surface area contributed by atoms with E-state index in [9.17, 15) is 14.4 Å². The number of hydrogen-bond donors (Lipinski definition) is 3. The molecule has 0 atom stereocenters. The number of nitrogens with one attached hydrogen (secondary N) is 3. The van der Waals surface area contributed by atoms with Gasteiger partial charge in [-0.2, -0.15) is 0 Å². The van der Waals surface area contributed by atoms with Gasteiger partial charge in [-0.05, 0) is 42.5 Å². The van der Waals surface area contributed by atoms with Crippen molar-refractivity contribution in [3.05, 3.63) is 64.9 Å². The zero-order chi connectivity index (χ0) is 20.8. The first kappa shape index (κ1) is 20.0. The van der Waals surface area contributed by atoms with Gasteiger partial charge in [-0.1, -0.05) is 0 Å². The van der Waals surface area contributed by atoms with E-state index in [0.29, 0.717) is 21.4 Å². The second-order valence-corrected chi connectivity index (χ2v) is 6.66. The Kier molecular flexibility index (Phi) is 6.15. The van der Waals surface area contributed by atoms with E-state index in [-0.39, 0.29) is 11.3 Å². The van der Waals surface area contributed by atoms with Crippen molar-refractivity contribution in [3.63, 3.8) is 0 Å². The normalized spacial score (nSPS) is 10.1. The third kappa shape index (κ3) is 4.74. The number of benzene rings is 1. The number of carbonyl (C=O) groups excluding carboxylic acids is 3. The van der Waals surface area contributed by atoms with Crippen LogP contribution in [-0.2, 0) is 0 Å². The van der Waals surface area contributed by atoms with E-state index in [1.165, 1.54) is 44.7 Å². The van der Waals surface area contributed by atoms with E-state index in [0.717, 1.165) is 11.3 Å². The molecule has 0 fully saturated rings. The predicted molar refractivity (Wildman–Crippen MR) is 105 cm³/mol. The summed E-state index contributed by atoms with van der Waals surface area (Å²) < 4.78 is 15.3. The van der Waals surface area contributed by atoms with Crippen LogP contribution in [0.25, 0.3) is 0 Å². The number of hydrogen-bond acceptors (Lipinski definition) is 7. The summed E-state index contributed by atoms with van der Waals surface area (Å²) in [6.07, 6.45) is 1.39. The second kappa shape index (κ2) is 8.93. The Hall–Kier alpha value is -3.79. The van der Waals surface area contributed by atoms with Gasteiger partial charge < -0.3 is 19.2 Å². The van der Waals surface area contributed by atoms with Crippen LogP contribution < -0.4 is 25.6 Å². The van der Waals surface area contributed by atoms with Gasteiger partial charge in [0, 0.05) is 5.56 Å². The number of ether oxygens (including phenoxy) is 2. The zero-order valence-corrected chi connectivity index (χ0v) is 16.3. The lowest BCUT2D eigenvalue weighted by Crippen LogP contribution is -2.41. The summed E-state index contributed by atoms with van der Waals surface area (Å²) in [6, 6.07) is 10.9. The number of rotatable bonds is 6. The van der Waals surface area contributed by atoms with Crippen molar-refractivity contribution >= 4 is 34.1 Å². The highest BCUT2D eigenvalue weighted by Crippen LogP contribution is 2.27. The number of furan rings is 1. The standard InChI is InChI=1S/C19H17N3O6S/c1-26-12-6-5-11(10-14(12)27-2)17(23)21-22-19(25)15-7-8-16(29-15)20-18(24)13-4-3-9-28-13/h3-10H,1-2H3,(H,20,24)(H,21,23)(H,22,25). The molecule has 3 aromatic rings. The highest BCUT2D eigenvalue weighted by atomic mass is 32.1. The van der Waals surface area contributed by atoms with Crippen molar-refractivity contribution in [2.24, 2.45) is 0 Å². The molecule has 0 aliphatic heterocycles. The molecule has 0 aliphatic carbocycles. The van der Waals surface area contributed by atoms with Crippen molar-refractivity contribution in [1.29, 1.82) is 0 Å². The number of anilines is 1. The minimum absolute atomic E-state index is 0.159. The first-order chi connectivity index (χ1) is 14.0. The monoisotopic (exact) mass is 415 g/mol. The fourth-order valence-corrected chi connectivity index (χ4v) is 3.13. The summed E-state index contributed by atoms with van der Waals surface area (Å²) in [7, 11) is 2.95. The second-order valence-electron chi connectivity index (χ2n) is 5.57. The minimum Gasteiger partial charge on any atom is -0.493 e. The first-order valence-electron chi connectivity index (χ1n) is 8.29. The van der Waals surface area contributed by atoms with Crippen molar-refractivity contribution in [2.45, 2.75) is 0 Å². The summed E-state index contributed by atoms with van der Waals surface area (Å²) in [5.41, 5.74) is 4.93. The Morgan fingerprint density at radius 2 is 1.66 bits per heavy atom. The Balaban J connectivity index is 1.57. The Morgan fingerprint density at radius 3 is 2.34 bits per heavy atom. The molecule has 0 saturated carbocycles. The van der Waals surface area contributed by atoms with Crippen LogP contribution in [0.2, 0.25) is 0 Å². The predicted octanol–water partition coefficient (Wildman–Crippen LogP) is 2.69. The third-order valence-electron chi connectivity index (χ3n) is 3.75. The van der Waals surface area contributed by atoms with Crippen LogP contribution in [0.1, 0.15) is 30.6 Å². The molecule has 0 aliphatic rings. The van der Waals surface area contributed by atoms with Crippen LogP contribution in [0.15, 0.2) is 53.1 Å². The average Bonchev–Trinajstić information content (AvgIpc) is 3.43. The summed E-state index contributed by atoms with van der Waals surface area (Å²) in [5, 5.41) is 3.09. The molecule has 3 N–H and O–H groups in total. The topological polar surface area (TPSA) is 119 Å². The lowest BCUT2D eigenvalue weighted by Gasteiger charge is -2.10. The number of carbonyl (C=O) groups is 3. The molecule has 0 spiro atoms. The summed E-state index contributed by atoms with van der Waals surface area (Å²) in [6.45, 7) is 0. The summed E-state index contributed by atoms with van der Waals surface area (Å²) >= 11 is 1.05. The van der Waals surface area contributed by atoms with Gasteiger partial charge in [0.25, 0.3) is 17.7 Å². The number of thiophene rings is 1. The average molecular weight is 415 g/mol. The van der Waals surface area contributed by atoms with Crippen LogP contribution in [0, 0.1) is 0 Å². The van der Waals surface area contributed by atoms with Gasteiger partial charge in [0.05, 0.1) is 30.4 Å². The molecule has 29 heavy (non-hydrogen) atoms. The maximum absolute atomic E-state index is 12.2. The van der Waals surface area contributed by atoms with Crippen LogP contribution in [0.3, 0.4) is 0 Å². The number of hydrazine groups is 1. The lowest BCUT2D eigenvalue weighted by molar-refractivity contribution is 0.0848. The number of methoxy groups -OCH3 is 2. The lowest BCUT2D eigenvalue weighted by atomic mass is 10.2. The Labute approximate surface area is 169 Å². The molecule has 3 amide bonds. The van der Waals surface area contributed by atoms with Gasteiger partial charge in [0.15, 0.2) is 17.3 Å². The largest absolute Gasteiger partial charge is 0.493 e. The van der Waals surface area contributed by atoms with E-state index in [4.69, 9.17) is 13.9 Å². The van der Waals surface area contributed by atoms with Gasteiger partial charge in [-0.25, -0.2) is 0 Å². The molecule has 9 nitrogen and oxygen atoms in total. The van der Waals surface area contributed by atoms with Gasteiger partial charge in [-0.15, -0.1) is 11.3 Å². The molecule has 10 heteroatoms. The van der Waals surface area contributed by atoms with E-state index in [2.05, 4.69) is 16.2 Å². The Morgan fingerprint density at radius 1 is 0.897 bits per heavy atom. The molecule has 150 valence electrons. The molecular weight excluding hydrogens is 398 g/mol. The number of amides is 3. The maximum Gasteiger partial charge on any atom is 0.291 e. The molecule has 0 saturated heterocycles. The van der Waals surface area contributed by atoms with Gasteiger partial charge in [0.1, 0.15) is 0 Å². The molecular formula is C19H17N3O6S. The van der Waals surface area contributed by atoms with E-state index in [1.807, 2.05) is 0 Å². The van der Waals surface area contributed by atoms with Gasteiger partial charge in [0.2, 0.25) is 0 Å². The third-order valence-corrected chi connectivity index (χ3v) is 4.75. The van der Waals surface area contributed by atoms with Crippen LogP contribution in [0.4, 0.5) is 5.00 Å². The first-order valence-corrected chi connectivity index (χ1v) is 9.11. The van der Waals surface area contributed by atoms with Crippen molar-refractivity contribution in [1.82, 2.24) is 10.9 Å². The van der Waals surface area contributed by atoms with E-state index in [1.54, 1.807) is 18.2 Å². The highest BCUT2D eigenvalue weighted by molar-refractivity contribution is 7.18. The zero-order valence-electron chi connectivity index (χ0n) is 15.5. The van der Waals surface area contributed by atoms with Crippen LogP contribution in [-0.4, -0.2) is 31.9 Å². The molecule has 1 aromatic carbocycles. The van der Waals surface area contributed by atoms with Crippen molar-refractivity contribution in [2.75, 3.05) is 19.5 Å². The van der Waals surface area contributed by atoms with Gasteiger partial charge >= 0.3 is 0 Å². The van der Waals surface area contributed by atoms with E-state index < -0.39 is 17.7 Å². The van der Waals surface area contributed by atoms with Crippen LogP contribution in [0.5, 0.6) is 11.5 Å². The molecule has 0 radical (unpaired) electrons. The van der Waals surface area contributed by atoms with Gasteiger partial charge in [-0.3, -0.25) is 25.2 Å². The SMILES string of the molecule is COc1ccc(C(=O)NNC(=O)c2ccc(NC(=O)c3ccco3)s2)cc1OC. The maximum atomic E-state index is 12.2. The quantitative estimate of drug-likeness (QED) is 0.533. The fraction of sp³-hybridized carbons (Fsp3) is 0.105. The molecule has 2 aromatic heterocycles. The highest BCUT2D eigenvalue weighted by Gasteiger charge is 2.15. The van der Waals surface area contributed by atoms with Crippen LogP contribution >= 0.6 is 11.3 Å². The summed E-state index contributed by atoms with van der Waals surface area (Å²) in [5.74, 6) is -0.445. The smallest absolute Gasteiger partial charge is 0.291 e. The molecule has 0 bridgehead atoms. The Bertz CT molecular complexity index is 1030. The molecule has 3 rings (SSSR count). The summed E-state index contributed by atoms with van der Waals surface area (Å²) in [4.78, 5) is 36.7. The van der Waals surface area contributed by atoms with Crippen molar-refractivity contribution in [3.8, 4) is 11.5 Å². The fourth-order valence-electron chi connectivity index (χ4n) is 2.33. The molecule has 0 unspecified atom stereocenters. The van der Waals surface area contributed by atoms with Crippen molar-refractivity contribution < 1.29 is 28.3 Å². The molecule has 2 heterocycles. The van der Waals surface area contributed by atoms with E-state index >= 15 is 0 Å².